The second-order valence-electron chi connectivity index (χ2n) is 18.3. The number of anilines is 2. The highest BCUT2D eigenvalue weighted by molar-refractivity contribution is 8.42. The van der Waals surface area contributed by atoms with E-state index in [-0.39, 0.29) is 5.41 Å². The molecule has 0 amide bonds. The molecule has 9 rings (SSSR count). The summed E-state index contributed by atoms with van der Waals surface area (Å²) in [5, 5.41) is 1.67. The first-order valence-corrected chi connectivity index (χ1v) is 24.8. The van der Waals surface area contributed by atoms with Gasteiger partial charge < -0.3 is 0 Å². The predicted octanol–water partition coefficient (Wildman–Crippen LogP) is 17.1. The van der Waals surface area contributed by atoms with E-state index in [0.29, 0.717) is 0 Å². The van der Waals surface area contributed by atoms with Gasteiger partial charge in [-0.3, -0.25) is 8.88 Å². The van der Waals surface area contributed by atoms with Crippen LogP contribution in [0.1, 0.15) is 87.5 Å². The Morgan fingerprint density at radius 3 is 0.845 bits per heavy atom. The number of rotatable bonds is 6. The zero-order chi connectivity index (χ0) is 41.7. The van der Waals surface area contributed by atoms with E-state index in [2.05, 4.69) is 198 Å². The van der Waals surface area contributed by atoms with Gasteiger partial charge in [-0.25, -0.2) is 0 Å². The molecule has 2 bridgehead atoms. The van der Waals surface area contributed by atoms with Crippen molar-refractivity contribution in [1.29, 1.82) is 0 Å². The lowest BCUT2D eigenvalue weighted by Gasteiger charge is -2.55. The van der Waals surface area contributed by atoms with Gasteiger partial charge in [0.15, 0.2) is 7.91 Å². The van der Waals surface area contributed by atoms with Gasteiger partial charge in [0.2, 0.25) is 0 Å². The maximum Gasteiger partial charge on any atom is 0.161 e. The Morgan fingerprint density at radius 2 is 0.638 bits per heavy atom. The zero-order valence-corrected chi connectivity index (χ0v) is 40.0. The Balaban J connectivity index is 1.45. The number of benzene rings is 6. The van der Waals surface area contributed by atoms with Crippen molar-refractivity contribution in [3.63, 3.8) is 0 Å². The second kappa shape index (κ2) is 14.9. The topological polar surface area (TPSA) is 6.48 Å². The molecule has 296 valence electrons. The van der Waals surface area contributed by atoms with Crippen molar-refractivity contribution >= 4 is 40.4 Å². The first-order valence-electron chi connectivity index (χ1n) is 20.8. The summed E-state index contributed by atoms with van der Waals surface area (Å²) in [7, 11) is -0.217. The Labute approximate surface area is 353 Å². The van der Waals surface area contributed by atoms with Crippen LogP contribution in [0.15, 0.2) is 84.9 Å². The average Bonchev–Trinajstić information content (AvgIpc) is 3.69. The maximum absolute atomic E-state index is 2.96. The first kappa shape index (κ1) is 40.7. The van der Waals surface area contributed by atoms with Crippen LogP contribution in [0.25, 0.3) is 44.5 Å². The van der Waals surface area contributed by atoms with Crippen molar-refractivity contribution in [3.05, 3.63) is 152 Å². The molecule has 1 fully saturated rings. The van der Waals surface area contributed by atoms with Crippen LogP contribution in [0.2, 0.25) is 0 Å². The number of aryl methyl sites for hydroxylation is 12. The zero-order valence-electron chi connectivity index (χ0n) is 37.3. The van der Waals surface area contributed by atoms with E-state index in [9.17, 15) is 0 Å². The summed E-state index contributed by atoms with van der Waals surface area (Å²) in [5.74, 6) is 0. The molecule has 1 saturated heterocycles. The predicted molar refractivity (Wildman–Crippen MR) is 262 cm³/mol. The van der Waals surface area contributed by atoms with E-state index in [1.54, 1.807) is 5.03 Å². The Bertz CT molecular complexity index is 2300. The monoisotopic (exact) mass is 816 g/mol. The molecule has 3 aliphatic heterocycles. The molecule has 0 radical (unpaired) electrons. The van der Waals surface area contributed by atoms with Crippen LogP contribution in [0.5, 0.6) is 0 Å². The standard InChI is InChI=1S/C53H59N2P3/c1-30-22-34(5)46(35(6)23-30)42-18-16-19-43(47-36(7)24-31(2)25-37(47)8)50(42)54-57-52(53(13,14)15)56-58(54)55(57)51-44(48-38(9)26-32(3)27-39(48)10)20-17-21-45(51)49-40(11)28-33(4)29-41(49)12/h16-29H,1-15H3. The number of hydrogen-bond acceptors (Lipinski definition) is 2. The van der Waals surface area contributed by atoms with E-state index in [0.717, 1.165) is 0 Å². The lowest BCUT2D eigenvalue weighted by molar-refractivity contribution is 0.609. The molecule has 0 atom stereocenters. The number of para-hydroxylation sites is 2. The van der Waals surface area contributed by atoms with Crippen molar-refractivity contribution in [2.24, 2.45) is 5.41 Å². The molecule has 0 aromatic heterocycles. The summed E-state index contributed by atoms with van der Waals surface area (Å²) in [6, 6.07) is 33.3. The average molecular weight is 817 g/mol. The number of nitrogens with zero attached hydrogens (tertiary/aromatic N) is 2. The van der Waals surface area contributed by atoms with Gasteiger partial charge in [-0.2, -0.15) is 0 Å². The van der Waals surface area contributed by atoms with Crippen LogP contribution in [-0.2, 0) is 0 Å². The Hall–Kier alpha value is -4.05. The van der Waals surface area contributed by atoms with Crippen LogP contribution < -0.4 is 8.88 Å². The third kappa shape index (κ3) is 6.69. The molecule has 0 saturated carbocycles. The van der Waals surface area contributed by atoms with Gasteiger partial charge in [0.25, 0.3) is 0 Å². The maximum atomic E-state index is 2.96. The molecular weight excluding hydrogens is 758 g/mol. The summed E-state index contributed by atoms with van der Waals surface area (Å²) in [6.07, 6.45) is 0. The van der Waals surface area contributed by atoms with Gasteiger partial charge in [-0.15, -0.1) is 0 Å². The van der Waals surface area contributed by atoms with Gasteiger partial charge >= 0.3 is 0 Å². The van der Waals surface area contributed by atoms with Crippen molar-refractivity contribution in [2.75, 3.05) is 8.88 Å². The molecule has 58 heavy (non-hydrogen) atoms. The minimum absolute atomic E-state index is 0.0400. The van der Waals surface area contributed by atoms with Crippen molar-refractivity contribution in [1.82, 2.24) is 0 Å². The molecule has 2 nitrogen and oxygen atoms in total. The summed E-state index contributed by atoms with van der Waals surface area (Å²) < 4.78 is 5.92. The minimum atomic E-state index is -0.881. The van der Waals surface area contributed by atoms with Crippen LogP contribution >= 0.6 is 24.0 Å². The van der Waals surface area contributed by atoms with E-state index in [1.807, 2.05) is 0 Å². The fraction of sp³-hybridized carbons (Fsp3) is 0.302. The highest BCUT2D eigenvalue weighted by atomic mass is 32.1. The van der Waals surface area contributed by atoms with Crippen LogP contribution in [-0.4, -0.2) is 5.03 Å². The highest BCUT2D eigenvalue weighted by Crippen LogP contribution is 2.93. The molecule has 6 aromatic rings. The molecule has 0 unspecified atom stereocenters. The molecule has 0 aliphatic carbocycles. The normalized spacial score (nSPS) is 16.5. The lowest BCUT2D eigenvalue weighted by atomic mass is 9.87. The quantitative estimate of drug-likeness (QED) is 0.155. The fourth-order valence-electron chi connectivity index (χ4n) is 10.2. The summed E-state index contributed by atoms with van der Waals surface area (Å²) in [4.78, 5) is 0. The number of hydrogen-bond donors (Lipinski definition) is 0. The van der Waals surface area contributed by atoms with Crippen molar-refractivity contribution < 1.29 is 0 Å². The fourth-order valence-corrected chi connectivity index (χ4v) is 23.2. The van der Waals surface area contributed by atoms with E-state index in [1.165, 1.54) is 131 Å². The third-order valence-corrected chi connectivity index (χ3v) is 22.7. The Kier molecular flexibility index (Phi) is 10.5. The van der Waals surface area contributed by atoms with Crippen molar-refractivity contribution in [3.8, 4) is 44.5 Å². The SMILES string of the molecule is Cc1cc(C)c(-c2cccc(-c3c(C)cc(C)cc3C)c2N2P3P=C(C(C)(C)C)P2N3c2c(-c3c(C)cc(C)cc3C)cccc2-c2c(C)cc(C)cc2C)c(C)c1. The van der Waals surface area contributed by atoms with Gasteiger partial charge in [0.05, 0.1) is 11.4 Å². The smallest absolute Gasteiger partial charge is 0.161 e. The van der Waals surface area contributed by atoms with Crippen LogP contribution in [0.4, 0.5) is 11.4 Å². The van der Waals surface area contributed by atoms with E-state index < -0.39 is 16.1 Å². The summed E-state index contributed by atoms with van der Waals surface area (Å²) in [6.45, 7) is 34.8. The minimum Gasteiger partial charge on any atom is -0.282 e. The van der Waals surface area contributed by atoms with Crippen LogP contribution in [0.3, 0.4) is 0 Å². The van der Waals surface area contributed by atoms with Gasteiger partial charge in [0, 0.05) is 27.3 Å². The lowest BCUT2D eigenvalue weighted by Crippen LogP contribution is -2.37. The molecular formula is C53H59N2P3. The summed E-state index contributed by atoms with van der Waals surface area (Å²) in [5.41, 5.74) is 29.9. The Morgan fingerprint density at radius 1 is 0.397 bits per heavy atom. The van der Waals surface area contributed by atoms with Gasteiger partial charge in [0.1, 0.15) is 8.22 Å². The molecule has 3 heterocycles. The largest absolute Gasteiger partial charge is 0.282 e. The molecule has 3 aliphatic rings. The first-order chi connectivity index (χ1) is 27.4. The van der Waals surface area contributed by atoms with Gasteiger partial charge in [-0.1, -0.05) is 128 Å². The van der Waals surface area contributed by atoms with E-state index >= 15 is 0 Å². The molecule has 5 heteroatoms. The third-order valence-electron chi connectivity index (χ3n) is 12.0. The van der Waals surface area contributed by atoms with E-state index in [4.69, 9.17) is 0 Å². The molecule has 0 spiro atoms. The molecule has 0 N–H and O–H groups in total. The van der Waals surface area contributed by atoms with Gasteiger partial charge in [-0.05, 0) is 163 Å². The van der Waals surface area contributed by atoms with Crippen LogP contribution in [0, 0.1) is 88.5 Å². The highest BCUT2D eigenvalue weighted by Gasteiger charge is 2.59. The van der Waals surface area contributed by atoms with Crippen molar-refractivity contribution in [2.45, 2.75) is 104 Å². The molecule has 6 aromatic carbocycles. The summed E-state index contributed by atoms with van der Waals surface area (Å²) >= 11 is 0. The second-order valence-corrected chi connectivity index (χ2v) is 24.8.